The highest BCUT2D eigenvalue weighted by atomic mass is 35.5. The Morgan fingerprint density at radius 1 is 1.38 bits per heavy atom. The number of hydrogen-bond acceptors (Lipinski definition) is 5. The van der Waals surface area contributed by atoms with Crippen LogP contribution in [0.2, 0.25) is 0 Å². The van der Waals surface area contributed by atoms with E-state index >= 15 is 0 Å². The molecule has 6 nitrogen and oxygen atoms in total. The quantitative estimate of drug-likeness (QED) is 0.741. The molecule has 0 radical (unpaired) electrons. The number of nitrogens with two attached hydrogens (primary N) is 1. The zero-order chi connectivity index (χ0) is 20.1. The van der Waals surface area contributed by atoms with Crippen LogP contribution in [0.25, 0.3) is 0 Å². The molecule has 4 aliphatic rings. The Morgan fingerprint density at radius 3 is 2.76 bits per heavy atom. The molecule has 0 unspecified atom stereocenters. The van der Waals surface area contributed by atoms with Crippen LogP contribution in [0.3, 0.4) is 0 Å². The number of halogens is 4. The molecule has 4 aliphatic heterocycles. The predicted octanol–water partition coefficient (Wildman–Crippen LogP) is 2.58. The average Bonchev–Trinajstić information content (AvgIpc) is 3.17. The maximum atomic E-state index is 13.4. The van der Waals surface area contributed by atoms with E-state index in [1.54, 1.807) is 6.07 Å². The number of alkyl halides is 3. The molecule has 1 aromatic rings. The van der Waals surface area contributed by atoms with Gasteiger partial charge in [-0.15, -0.1) is 12.4 Å². The number of ether oxygens (including phenoxy) is 2. The second-order valence-corrected chi connectivity index (χ2v) is 8.24. The number of nitrogens with zero attached hydrogens (tertiary/aromatic N) is 2. The highest BCUT2D eigenvalue weighted by Gasteiger charge is 2.77. The fourth-order valence-corrected chi connectivity index (χ4v) is 5.79. The van der Waals surface area contributed by atoms with Gasteiger partial charge in [0, 0.05) is 24.1 Å². The number of carbonyl (C=O) groups is 1. The third-order valence-electron chi connectivity index (χ3n) is 6.81. The van der Waals surface area contributed by atoms with Gasteiger partial charge in [0.05, 0.1) is 40.9 Å². The number of benzene rings is 1. The van der Waals surface area contributed by atoms with Crippen LogP contribution >= 0.6 is 12.4 Å². The molecular weight excluding hydrogens is 411 g/mol. The van der Waals surface area contributed by atoms with Crippen LogP contribution in [0.15, 0.2) is 18.2 Å². The van der Waals surface area contributed by atoms with Crippen LogP contribution in [-0.4, -0.2) is 36.0 Å². The summed E-state index contributed by atoms with van der Waals surface area (Å²) in [6.45, 7) is 2.16. The first kappa shape index (κ1) is 20.4. The Hall–Kier alpha value is -1.86. The summed E-state index contributed by atoms with van der Waals surface area (Å²) in [7, 11) is 0. The number of anilines is 1. The molecule has 1 aromatic carbocycles. The van der Waals surface area contributed by atoms with Gasteiger partial charge in [-0.3, -0.25) is 9.69 Å². The fraction of sp³-hybridized carbons (Fsp3) is 0.579. The molecule has 4 fully saturated rings. The summed E-state index contributed by atoms with van der Waals surface area (Å²) in [6, 6.07) is 4.62. The van der Waals surface area contributed by atoms with Crippen molar-refractivity contribution in [1.29, 1.82) is 5.26 Å². The van der Waals surface area contributed by atoms with Gasteiger partial charge in [0.2, 0.25) is 5.91 Å². The minimum Gasteiger partial charge on any atom is -0.366 e. The van der Waals surface area contributed by atoms with Gasteiger partial charge in [-0.1, -0.05) is 0 Å². The molecule has 29 heavy (non-hydrogen) atoms. The Balaban J connectivity index is 0.00000205. The molecular formula is C19H19ClF3N3O3. The minimum absolute atomic E-state index is 0. The number of nitriles is 1. The van der Waals surface area contributed by atoms with Crippen LogP contribution in [0, 0.1) is 23.2 Å². The van der Waals surface area contributed by atoms with E-state index < -0.39 is 40.7 Å². The van der Waals surface area contributed by atoms with E-state index in [1.807, 2.05) is 6.92 Å². The van der Waals surface area contributed by atoms with Crippen LogP contribution in [0.5, 0.6) is 0 Å². The Labute approximate surface area is 171 Å². The zero-order valence-corrected chi connectivity index (χ0v) is 16.2. The standard InChI is InChI=1S/C19H18F3N3O3.ClH/c1-17-7-12(24)18(28-17)4-5-27-16-14(18)13(17)15(26)25(16)10-3-2-9(8-23)11(6-10)19(20,21)22;/h2-3,6,12-14,16H,4-5,7,24H2,1H3;1H/t12-,13-,14+,16+,17-,18+;/m1./s1. The summed E-state index contributed by atoms with van der Waals surface area (Å²) in [6.07, 6.45) is -4.34. The minimum atomic E-state index is -4.70. The number of fused-ring (bicyclic) bond motifs is 2. The predicted molar refractivity (Wildman–Crippen MR) is 97.0 cm³/mol. The summed E-state index contributed by atoms with van der Waals surface area (Å²) in [5.41, 5.74) is 3.44. The van der Waals surface area contributed by atoms with Crippen LogP contribution < -0.4 is 10.6 Å². The van der Waals surface area contributed by atoms with E-state index in [1.165, 1.54) is 11.0 Å². The van der Waals surface area contributed by atoms with Crippen molar-refractivity contribution in [2.45, 2.75) is 49.4 Å². The van der Waals surface area contributed by atoms with Crippen molar-refractivity contribution in [3.63, 3.8) is 0 Å². The first-order valence-electron chi connectivity index (χ1n) is 9.14. The lowest BCUT2D eigenvalue weighted by Gasteiger charge is -2.44. The third kappa shape index (κ3) is 2.43. The smallest absolute Gasteiger partial charge is 0.366 e. The molecule has 6 atom stereocenters. The van der Waals surface area contributed by atoms with E-state index in [-0.39, 0.29) is 36.0 Å². The monoisotopic (exact) mass is 429 g/mol. The molecule has 10 heteroatoms. The summed E-state index contributed by atoms with van der Waals surface area (Å²) >= 11 is 0. The van der Waals surface area contributed by atoms with Gasteiger partial charge in [0.25, 0.3) is 0 Å². The molecule has 1 spiro atoms. The van der Waals surface area contributed by atoms with Crippen molar-refractivity contribution in [2.24, 2.45) is 17.6 Å². The SMILES string of the molecule is C[C@@]12C[C@@H](N)[C@]3(CCO[C@H]4[C@@H]3[C@@H]1C(=O)N4c1ccc(C#N)c(C(F)(F)F)c1)O2.Cl. The van der Waals surface area contributed by atoms with Crippen molar-refractivity contribution in [1.82, 2.24) is 0 Å². The first-order valence-corrected chi connectivity index (χ1v) is 9.14. The largest absolute Gasteiger partial charge is 0.417 e. The van der Waals surface area contributed by atoms with E-state index in [0.29, 0.717) is 19.4 Å². The number of amides is 1. The molecule has 1 amide bonds. The van der Waals surface area contributed by atoms with Gasteiger partial charge in [0.1, 0.15) is 6.23 Å². The maximum Gasteiger partial charge on any atom is 0.417 e. The van der Waals surface area contributed by atoms with Crippen LogP contribution in [0.4, 0.5) is 18.9 Å². The molecule has 0 aliphatic carbocycles. The molecule has 156 valence electrons. The van der Waals surface area contributed by atoms with Crippen molar-refractivity contribution in [2.75, 3.05) is 11.5 Å². The topological polar surface area (TPSA) is 88.6 Å². The van der Waals surface area contributed by atoms with Gasteiger partial charge >= 0.3 is 6.18 Å². The lowest BCUT2D eigenvalue weighted by molar-refractivity contribution is -0.142. The van der Waals surface area contributed by atoms with Gasteiger partial charge in [-0.2, -0.15) is 18.4 Å². The number of carbonyl (C=O) groups excluding carboxylic acids is 1. The highest BCUT2D eigenvalue weighted by Crippen LogP contribution is 2.64. The molecule has 5 rings (SSSR count). The molecule has 4 heterocycles. The zero-order valence-electron chi connectivity index (χ0n) is 15.4. The second-order valence-electron chi connectivity index (χ2n) is 8.24. The van der Waals surface area contributed by atoms with E-state index in [2.05, 4.69) is 0 Å². The highest BCUT2D eigenvalue weighted by molar-refractivity contribution is 6.00. The molecule has 4 saturated heterocycles. The molecule has 2 bridgehead atoms. The third-order valence-corrected chi connectivity index (χ3v) is 6.81. The average molecular weight is 430 g/mol. The van der Waals surface area contributed by atoms with Gasteiger partial charge in [0.15, 0.2) is 0 Å². The van der Waals surface area contributed by atoms with Crippen molar-refractivity contribution < 1.29 is 27.4 Å². The number of rotatable bonds is 1. The van der Waals surface area contributed by atoms with E-state index in [4.69, 9.17) is 20.5 Å². The van der Waals surface area contributed by atoms with Crippen LogP contribution in [-0.2, 0) is 20.4 Å². The normalized spacial score (nSPS) is 39.9. The first-order chi connectivity index (χ1) is 13.1. The maximum absolute atomic E-state index is 13.4. The lowest BCUT2D eigenvalue weighted by Crippen LogP contribution is -2.59. The Kier molecular flexibility index (Phi) is 4.28. The summed E-state index contributed by atoms with van der Waals surface area (Å²) in [5, 5.41) is 9.02. The summed E-state index contributed by atoms with van der Waals surface area (Å²) in [5.74, 6) is -1.15. The van der Waals surface area contributed by atoms with E-state index in [0.717, 1.165) is 12.1 Å². The van der Waals surface area contributed by atoms with E-state index in [9.17, 15) is 18.0 Å². The molecule has 0 saturated carbocycles. The van der Waals surface area contributed by atoms with Gasteiger partial charge < -0.3 is 15.2 Å². The fourth-order valence-electron chi connectivity index (χ4n) is 5.79. The molecule has 0 aromatic heterocycles. The van der Waals surface area contributed by atoms with Crippen molar-refractivity contribution in [3.05, 3.63) is 29.3 Å². The number of hydrogen-bond donors (Lipinski definition) is 1. The Morgan fingerprint density at radius 2 is 2.10 bits per heavy atom. The van der Waals surface area contributed by atoms with Crippen molar-refractivity contribution in [3.8, 4) is 6.07 Å². The van der Waals surface area contributed by atoms with Crippen LogP contribution in [0.1, 0.15) is 30.9 Å². The second kappa shape index (κ2) is 6.08. The van der Waals surface area contributed by atoms with Gasteiger partial charge in [-0.25, -0.2) is 0 Å². The summed E-state index contributed by atoms with van der Waals surface area (Å²) < 4.78 is 52.4. The Bertz CT molecular complexity index is 936. The molecule has 2 N–H and O–H groups in total. The van der Waals surface area contributed by atoms with Crippen molar-refractivity contribution >= 4 is 24.0 Å². The van der Waals surface area contributed by atoms with Gasteiger partial charge in [-0.05, 0) is 31.5 Å². The summed E-state index contributed by atoms with van der Waals surface area (Å²) in [4.78, 5) is 14.6. The lowest BCUT2D eigenvalue weighted by atomic mass is 9.64.